The van der Waals surface area contributed by atoms with Crippen LogP contribution in [0.1, 0.15) is 12.5 Å². The maximum absolute atomic E-state index is 11.4. The van der Waals surface area contributed by atoms with Gasteiger partial charge in [0.1, 0.15) is 6.07 Å². The highest BCUT2D eigenvalue weighted by molar-refractivity contribution is 6.32. The topological polar surface area (TPSA) is 56.1 Å². The number of carbonyl (C=O) groups excluding carboxylic acids is 1. The third-order valence-corrected chi connectivity index (χ3v) is 2.58. The highest BCUT2D eigenvalue weighted by atomic mass is 35.5. The van der Waals surface area contributed by atoms with Gasteiger partial charge in [-0.1, -0.05) is 11.6 Å². The first-order chi connectivity index (χ1) is 8.08. The van der Waals surface area contributed by atoms with Crippen molar-refractivity contribution < 1.29 is 4.79 Å². The number of anilines is 1. The average molecular weight is 252 g/mol. The Kier molecular flexibility index (Phi) is 4.80. The second-order valence-corrected chi connectivity index (χ2v) is 3.99. The Morgan fingerprint density at radius 1 is 1.59 bits per heavy atom. The van der Waals surface area contributed by atoms with Gasteiger partial charge in [-0.25, -0.2) is 0 Å². The van der Waals surface area contributed by atoms with E-state index in [-0.39, 0.29) is 12.5 Å². The van der Waals surface area contributed by atoms with E-state index in [0.717, 1.165) is 5.69 Å². The van der Waals surface area contributed by atoms with E-state index in [4.69, 9.17) is 16.9 Å². The summed E-state index contributed by atoms with van der Waals surface area (Å²) in [7, 11) is 1.80. The van der Waals surface area contributed by atoms with Crippen LogP contribution in [0, 0.1) is 11.3 Å². The van der Waals surface area contributed by atoms with Crippen molar-refractivity contribution in [3.8, 4) is 6.07 Å². The summed E-state index contributed by atoms with van der Waals surface area (Å²) in [6, 6.07) is 7.08. The van der Waals surface area contributed by atoms with E-state index in [2.05, 4.69) is 5.32 Å². The summed E-state index contributed by atoms with van der Waals surface area (Å²) in [5.74, 6) is -0.0458. The third-order valence-electron chi connectivity index (χ3n) is 2.27. The molecule has 0 bridgehead atoms. The normalized spacial score (nSPS) is 9.53. The third kappa shape index (κ3) is 3.65. The number of rotatable bonds is 4. The molecular weight excluding hydrogens is 238 g/mol. The van der Waals surface area contributed by atoms with Crippen LogP contribution in [0.4, 0.5) is 5.69 Å². The predicted octanol–water partition coefficient (Wildman–Crippen LogP) is 1.78. The van der Waals surface area contributed by atoms with E-state index >= 15 is 0 Å². The van der Waals surface area contributed by atoms with Crippen LogP contribution in [0.3, 0.4) is 0 Å². The van der Waals surface area contributed by atoms with Gasteiger partial charge < -0.3 is 10.2 Å². The molecule has 0 radical (unpaired) electrons. The lowest BCUT2D eigenvalue weighted by molar-refractivity contribution is -0.119. The first kappa shape index (κ1) is 13.3. The molecule has 5 heteroatoms. The van der Waals surface area contributed by atoms with Crippen LogP contribution in [0.25, 0.3) is 0 Å². The van der Waals surface area contributed by atoms with Crippen molar-refractivity contribution in [2.75, 3.05) is 25.0 Å². The summed E-state index contributed by atoms with van der Waals surface area (Å²) in [4.78, 5) is 13.2. The SMILES string of the molecule is CCNC(=O)CN(C)c1ccc(C#N)c(Cl)c1. The number of nitriles is 1. The number of hydrogen-bond acceptors (Lipinski definition) is 3. The maximum atomic E-state index is 11.4. The van der Waals surface area contributed by atoms with Crippen molar-refractivity contribution in [2.45, 2.75) is 6.92 Å². The molecule has 0 fully saturated rings. The molecule has 0 aliphatic heterocycles. The molecule has 0 unspecified atom stereocenters. The van der Waals surface area contributed by atoms with Crippen molar-refractivity contribution in [3.05, 3.63) is 28.8 Å². The van der Waals surface area contributed by atoms with Gasteiger partial charge in [0.25, 0.3) is 0 Å². The maximum Gasteiger partial charge on any atom is 0.239 e. The summed E-state index contributed by atoms with van der Waals surface area (Å²) in [5, 5.41) is 11.9. The Morgan fingerprint density at radius 2 is 2.29 bits per heavy atom. The molecule has 0 aliphatic rings. The predicted molar refractivity (Wildman–Crippen MR) is 68.1 cm³/mol. The number of likely N-dealkylation sites (N-methyl/N-ethyl adjacent to an activating group) is 2. The molecule has 1 aromatic rings. The van der Waals surface area contributed by atoms with Crippen LogP contribution in [0.15, 0.2) is 18.2 Å². The van der Waals surface area contributed by atoms with Gasteiger partial charge >= 0.3 is 0 Å². The van der Waals surface area contributed by atoms with Crippen LogP contribution < -0.4 is 10.2 Å². The standard InChI is InChI=1S/C12H14ClN3O/c1-3-15-12(17)8-16(2)10-5-4-9(7-14)11(13)6-10/h4-6H,3,8H2,1-2H3,(H,15,17). The molecule has 90 valence electrons. The van der Waals surface area contributed by atoms with Gasteiger partial charge in [-0.15, -0.1) is 0 Å². The zero-order chi connectivity index (χ0) is 12.8. The molecule has 17 heavy (non-hydrogen) atoms. The summed E-state index contributed by atoms with van der Waals surface area (Å²) in [6.07, 6.45) is 0. The number of hydrogen-bond donors (Lipinski definition) is 1. The van der Waals surface area contributed by atoms with Gasteiger partial charge in [0.15, 0.2) is 0 Å². The van der Waals surface area contributed by atoms with Crippen LogP contribution >= 0.6 is 11.6 Å². The lowest BCUT2D eigenvalue weighted by Gasteiger charge is -2.18. The molecule has 0 saturated carbocycles. The number of amides is 1. The Bertz CT molecular complexity index is 454. The van der Waals surface area contributed by atoms with Gasteiger partial charge in [0, 0.05) is 19.3 Å². The largest absolute Gasteiger partial charge is 0.365 e. The lowest BCUT2D eigenvalue weighted by atomic mass is 10.2. The molecule has 1 N–H and O–H groups in total. The quantitative estimate of drug-likeness (QED) is 0.888. The molecule has 4 nitrogen and oxygen atoms in total. The van der Waals surface area contributed by atoms with E-state index in [1.54, 1.807) is 30.1 Å². The summed E-state index contributed by atoms with van der Waals surface area (Å²) < 4.78 is 0. The van der Waals surface area contributed by atoms with Crippen molar-refractivity contribution in [1.29, 1.82) is 5.26 Å². The molecule has 1 aromatic carbocycles. The van der Waals surface area contributed by atoms with Gasteiger partial charge in [0.05, 0.1) is 17.1 Å². The fourth-order valence-corrected chi connectivity index (χ4v) is 1.61. The van der Waals surface area contributed by atoms with Gasteiger partial charge in [-0.3, -0.25) is 4.79 Å². The van der Waals surface area contributed by atoms with Crippen molar-refractivity contribution in [1.82, 2.24) is 5.32 Å². The van der Waals surface area contributed by atoms with E-state index in [0.29, 0.717) is 17.1 Å². The fraction of sp³-hybridized carbons (Fsp3) is 0.333. The molecule has 0 saturated heterocycles. The molecule has 0 spiro atoms. The smallest absolute Gasteiger partial charge is 0.239 e. The van der Waals surface area contributed by atoms with Gasteiger partial charge in [-0.05, 0) is 25.1 Å². The van der Waals surface area contributed by atoms with Crippen LogP contribution in [0.5, 0.6) is 0 Å². The Labute approximate surface area is 106 Å². The van der Waals surface area contributed by atoms with Crippen molar-refractivity contribution in [3.63, 3.8) is 0 Å². The molecule has 1 rings (SSSR count). The average Bonchev–Trinajstić information content (AvgIpc) is 2.29. The van der Waals surface area contributed by atoms with E-state index in [1.807, 2.05) is 13.0 Å². The van der Waals surface area contributed by atoms with Crippen LogP contribution in [-0.2, 0) is 4.79 Å². The summed E-state index contributed by atoms with van der Waals surface area (Å²) in [6.45, 7) is 2.74. The molecule has 0 aromatic heterocycles. The monoisotopic (exact) mass is 251 g/mol. The highest BCUT2D eigenvalue weighted by Gasteiger charge is 2.08. The second kappa shape index (κ2) is 6.12. The minimum Gasteiger partial charge on any atom is -0.365 e. The fourth-order valence-electron chi connectivity index (χ4n) is 1.39. The van der Waals surface area contributed by atoms with E-state index in [9.17, 15) is 4.79 Å². The number of carbonyl (C=O) groups is 1. The number of nitrogens with zero attached hydrogens (tertiary/aromatic N) is 2. The molecule has 1 amide bonds. The summed E-state index contributed by atoms with van der Waals surface area (Å²) in [5.41, 5.74) is 1.24. The molecule has 0 atom stereocenters. The number of halogens is 1. The van der Waals surface area contributed by atoms with Crippen molar-refractivity contribution >= 4 is 23.2 Å². The zero-order valence-electron chi connectivity index (χ0n) is 9.83. The Morgan fingerprint density at radius 3 is 2.82 bits per heavy atom. The first-order valence-corrected chi connectivity index (χ1v) is 5.63. The lowest BCUT2D eigenvalue weighted by Crippen LogP contribution is -2.34. The minimum absolute atomic E-state index is 0.0458. The molecule has 0 heterocycles. The second-order valence-electron chi connectivity index (χ2n) is 3.59. The first-order valence-electron chi connectivity index (χ1n) is 5.26. The minimum atomic E-state index is -0.0458. The van der Waals surface area contributed by atoms with E-state index < -0.39 is 0 Å². The van der Waals surface area contributed by atoms with Gasteiger partial charge in [-0.2, -0.15) is 5.26 Å². The molecule has 0 aliphatic carbocycles. The van der Waals surface area contributed by atoms with E-state index in [1.165, 1.54) is 0 Å². The summed E-state index contributed by atoms with van der Waals surface area (Å²) >= 11 is 5.92. The van der Waals surface area contributed by atoms with Crippen LogP contribution in [0.2, 0.25) is 5.02 Å². The Hall–Kier alpha value is -1.73. The number of nitrogens with one attached hydrogen (secondary N) is 1. The zero-order valence-corrected chi connectivity index (χ0v) is 10.6. The number of benzene rings is 1. The Balaban J connectivity index is 2.76. The van der Waals surface area contributed by atoms with Crippen LogP contribution in [-0.4, -0.2) is 26.0 Å². The highest BCUT2D eigenvalue weighted by Crippen LogP contribution is 2.22. The van der Waals surface area contributed by atoms with Gasteiger partial charge in [0.2, 0.25) is 5.91 Å². The molecular formula is C12H14ClN3O. The van der Waals surface area contributed by atoms with Crippen molar-refractivity contribution in [2.24, 2.45) is 0 Å².